The van der Waals surface area contributed by atoms with Crippen molar-refractivity contribution < 1.29 is 29.0 Å². The molecule has 0 atom stereocenters. The largest absolute Gasteiger partial charge is 0.489 e. The van der Waals surface area contributed by atoms with Gasteiger partial charge in [0.1, 0.15) is 17.9 Å². The predicted octanol–water partition coefficient (Wildman–Crippen LogP) is 5.49. The Morgan fingerprint density at radius 3 is 2.47 bits per heavy atom. The zero-order chi connectivity index (χ0) is 24.7. The fourth-order valence-electron chi connectivity index (χ4n) is 3.60. The minimum absolute atomic E-state index is 0.0266. The van der Waals surface area contributed by atoms with E-state index in [1.54, 1.807) is 6.26 Å². The maximum Gasteiger partial charge on any atom is 0.335 e. The molecule has 0 aliphatic carbocycles. The van der Waals surface area contributed by atoms with Crippen molar-refractivity contribution in [2.45, 2.75) is 33.4 Å². The maximum absolute atomic E-state index is 11.3. The lowest BCUT2D eigenvalue weighted by molar-refractivity contribution is -0.136. The molecule has 176 valence electrons. The molecule has 0 aliphatic rings. The van der Waals surface area contributed by atoms with Crippen LogP contribution in [0.15, 0.2) is 71.3 Å². The van der Waals surface area contributed by atoms with Crippen LogP contribution in [0, 0.1) is 0 Å². The molecular formula is C27H27NO6. The van der Waals surface area contributed by atoms with E-state index >= 15 is 0 Å². The van der Waals surface area contributed by atoms with E-state index in [0.717, 1.165) is 33.2 Å². The standard InChI is InChI=1S/C25H21NO6.C2H6/c26-13-15-2-1-3-17(8-15)21-10-16(9-19-6-7-31-24(19)21)14-32-22-11-20(25(29)30)5-4-18(22)12-23(27)28;1-2/h1-11H,12-14,26H2,(H,27,28)(H,29,30);1-2H3. The number of carboxylic acid groups (broad SMARTS) is 2. The van der Waals surface area contributed by atoms with Crippen LogP contribution in [-0.4, -0.2) is 22.2 Å². The molecule has 0 fully saturated rings. The van der Waals surface area contributed by atoms with Crippen LogP contribution in [0.3, 0.4) is 0 Å². The van der Waals surface area contributed by atoms with Crippen LogP contribution in [0.1, 0.15) is 40.9 Å². The number of fused-ring (bicyclic) bond motifs is 1. The minimum atomic E-state index is -1.11. The third-order valence-electron chi connectivity index (χ3n) is 5.13. The average molecular weight is 462 g/mol. The van der Waals surface area contributed by atoms with E-state index in [4.69, 9.17) is 20.0 Å². The fraction of sp³-hybridized carbons (Fsp3) is 0.185. The maximum atomic E-state index is 11.3. The van der Waals surface area contributed by atoms with Gasteiger partial charge in [-0.3, -0.25) is 4.79 Å². The van der Waals surface area contributed by atoms with Crippen molar-refractivity contribution in [1.29, 1.82) is 0 Å². The number of hydrogen-bond acceptors (Lipinski definition) is 5. The number of rotatable bonds is 8. The van der Waals surface area contributed by atoms with Crippen molar-refractivity contribution in [2.24, 2.45) is 5.73 Å². The van der Waals surface area contributed by atoms with E-state index in [9.17, 15) is 14.7 Å². The van der Waals surface area contributed by atoms with Crippen LogP contribution in [0.4, 0.5) is 0 Å². The Morgan fingerprint density at radius 1 is 0.971 bits per heavy atom. The summed E-state index contributed by atoms with van der Waals surface area (Å²) >= 11 is 0. The van der Waals surface area contributed by atoms with Gasteiger partial charge in [-0.15, -0.1) is 0 Å². The predicted molar refractivity (Wildman–Crippen MR) is 130 cm³/mol. The van der Waals surface area contributed by atoms with Gasteiger partial charge in [0.25, 0.3) is 0 Å². The highest BCUT2D eigenvalue weighted by Gasteiger charge is 2.14. The second-order valence-electron chi connectivity index (χ2n) is 7.37. The summed E-state index contributed by atoms with van der Waals surface area (Å²) in [4.78, 5) is 22.5. The van der Waals surface area contributed by atoms with Crippen LogP contribution in [0.2, 0.25) is 0 Å². The number of carbonyl (C=O) groups is 2. The molecule has 0 spiro atoms. The van der Waals surface area contributed by atoms with Crippen molar-refractivity contribution in [3.8, 4) is 16.9 Å². The number of benzene rings is 3. The van der Waals surface area contributed by atoms with Gasteiger partial charge in [0, 0.05) is 23.1 Å². The average Bonchev–Trinajstić information content (AvgIpc) is 3.32. The summed E-state index contributed by atoms with van der Waals surface area (Å²) in [7, 11) is 0. The highest BCUT2D eigenvalue weighted by molar-refractivity contribution is 5.93. The van der Waals surface area contributed by atoms with Gasteiger partial charge in [0.05, 0.1) is 18.2 Å². The van der Waals surface area contributed by atoms with Crippen LogP contribution in [0.25, 0.3) is 22.1 Å². The van der Waals surface area contributed by atoms with E-state index in [2.05, 4.69) is 0 Å². The van der Waals surface area contributed by atoms with Gasteiger partial charge < -0.3 is 25.1 Å². The highest BCUT2D eigenvalue weighted by Crippen LogP contribution is 2.32. The Hall–Kier alpha value is -4.10. The smallest absolute Gasteiger partial charge is 0.335 e. The molecule has 0 saturated carbocycles. The first-order chi connectivity index (χ1) is 16.4. The summed E-state index contributed by atoms with van der Waals surface area (Å²) in [6.07, 6.45) is 1.35. The van der Waals surface area contributed by atoms with E-state index in [0.29, 0.717) is 12.1 Å². The van der Waals surface area contributed by atoms with Crippen LogP contribution >= 0.6 is 0 Å². The van der Waals surface area contributed by atoms with Gasteiger partial charge in [0.2, 0.25) is 0 Å². The lowest BCUT2D eigenvalue weighted by Gasteiger charge is -2.13. The number of furan rings is 1. The molecule has 4 N–H and O–H groups in total. The molecule has 0 aliphatic heterocycles. The van der Waals surface area contributed by atoms with Gasteiger partial charge in [-0.2, -0.15) is 0 Å². The van der Waals surface area contributed by atoms with E-state index in [-0.39, 0.29) is 24.3 Å². The summed E-state index contributed by atoms with van der Waals surface area (Å²) in [6, 6.07) is 17.8. The van der Waals surface area contributed by atoms with Crippen molar-refractivity contribution in [3.05, 3.63) is 89.2 Å². The molecule has 0 bridgehead atoms. The van der Waals surface area contributed by atoms with E-state index < -0.39 is 11.9 Å². The van der Waals surface area contributed by atoms with Crippen molar-refractivity contribution in [3.63, 3.8) is 0 Å². The normalized spacial score (nSPS) is 10.4. The monoisotopic (exact) mass is 461 g/mol. The fourth-order valence-corrected chi connectivity index (χ4v) is 3.60. The summed E-state index contributed by atoms with van der Waals surface area (Å²) in [5.41, 5.74) is 10.6. The van der Waals surface area contributed by atoms with Crippen LogP contribution in [-0.2, 0) is 24.4 Å². The summed E-state index contributed by atoms with van der Waals surface area (Å²) in [6.45, 7) is 4.55. The molecule has 3 aromatic carbocycles. The molecule has 4 rings (SSSR count). The lowest BCUT2D eigenvalue weighted by Crippen LogP contribution is -2.06. The van der Waals surface area contributed by atoms with Gasteiger partial charge in [-0.25, -0.2) is 4.79 Å². The summed E-state index contributed by atoms with van der Waals surface area (Å²) < 4.78 is 11.6. The summed E-state index contributed by atoms with van der Waals surface area (Å²) in [5.74, 6) is -1.91. The molecule has 34 heavy (non-hydrogen) atoms. The van der Waals surface area contributed by atoms with Gasteiger partial charge in [0.15, 0.2) is 0 Å². The molecule has 0 saturated heterocycles. The van der Waals surface area contributed by atoms with Crippen LogP contribution < -0.4 is 10.5 Å². The number of nitrogens with two attached hydrogens (primary N) is 1. The lowest BCUT2D eigenvalue weighted by atomic mass is 9.99. The summed E-state index contributed by atoms with van der Waals surface area (Å²) in [5, 5.41) is 19.3. The minimum Gasteiger partial charge on any atom is -0.489 e. The van der Waals surface area contributed by atoms with Crippen molar-refractivity contribution >= 4 is 22.9 Å². The third kappa shape index (κ3) is 5.63. The molecule has 0 radical (unpaired) electrons. The number of aromatic carboxylic acids is 1. The molecular weight excluding hydrogens is 434 g/mol. The second kappa shape index (κ2) is 11.2. The molecule has 7 nitrogen and oxygen atoms in total. The SMILES string of the molecule is CC.NCc1cccc(-c2cc(COc3cc(C(=O)O)ccc3CC(=O)O)cc3ccoc23)c1. The Kier molecular flexibility index (Phi) is 8.05. The molecule has 7 heteroatoms. The first-order valence-electron chi connectivity index (χ1n) is 10.9. The number of aliphatic carboxylic acids is 1. The Bertz CT molecular complexity index is 1310. The Labute approximate surface area is 197 Å². The molecule has 0 unspecified atom stereocenters. The van der Waals surface area contributed by atoms with E-state index in [1.807, 2.05) is 56.3 Å². The molecule has 1 aromatic heterocycles. The molecule has 4 aromatic rings. The number of hydrogen-bond donors (Lipinski definition) is 3. The van der Waals surface area contributed by atoms with Gasteiger partial charge in [-0.1, -0.05) is 38.1 Å². The van der Waals surface area contributed by atoms with Gasteiger partial charge >= 0.3 is 11.9 Å². The van der Waals surface area contributed by atoms with E-state index in [1.165, 1.54) is 18.2 Å². The quantitative estimate of drug-likeness (QED) is 0.317. The molecule has 1 heterocycles. The third-order valence-corrected chi connectivity index (χ3v) is 5.13. The zero-order valence-electron chi connectivity index (χ0n) is 19.1. The Balaban J connectivity index is 0.00000158. The topological polar surface area (TPSA) is 123 Å². The van der Waals surface area contributed by atoms with Crippen LogP contribution in [0.5, 0.6) is 5.75 Å². The zero-order valence-corrected chi connectivity index (χ0v) is 19.1. The first-order valence-corrected chi connectivity index (χ1v) is 10.9. The van der Waals surface area contributed by atoms with Crippen molar-refractivity contribution in [2.75, 3.05) is 0 Å². The van der Waals surface area contributed by atoms with Gasteiger partial charge in [-0.05, 0) is 53.1 Å². The highest BCUT2D eigenvalue weighted by atomic mass is 16.5. The number of carboxylic acids is 2. The molecule has 0 amide bonds. The number of ether oxygens (including phenoxy) is 1. The first kappa shape index (κ1) is 24.5. The second-order valence-corrected chi connectivity index (χ2v) is 7.37. The van der Waals surface area contributed by atoms with Crippen molar-refractivity contribution in [1.82, 2.24) is 0 Å². The Morgan fingerprint density at radius 2 is 1.76 bits per heavy atom.